The van der Waals surface area contributed by atoms with Crippen molar-refractivity contribution in [1.29, 1.82) is 0 Å². The fourth-order valence-electron chi connectivity index (χ4n) is 0.211. The Morgan fingerprint density at radius 2 is 1.90 bits per heavy atom. The molecule has 0 aliphatic rings. The third-order valence-corrected chi connectivity index (χ3v) is 0.740. The summed E-state index contributed by atoms with van der Waals surface area (Å²) in [5, 5.41) is 8.60. The first-order chi connectivity index (χ1) is 4.68. The highest BCUT2D eigenvalue weighted by Crippen LogP contribution is 2.00. The van der Waals surface area contributed by atoms with Gasteiger partial charge in [0.2, 0.25) is 0 Å². The second-order valence-electron chi connectivity index (χ2n) is 1.44. The highest BCUT2D eigenvalue weighted by Gasteiger charge is 1.86. The van der Waals surface area contributed by atoms with Crippen LogP contribution in [0.4, 0.5) is 0 Å². The van der Waals surface area contributed by atoms with E-state index in [0.717, 1.165) is 0 Å². The molecule has 2 heteroatoms. The Kier molecular flexibility index (Phi) is 9.31. The topological polar surface area (TPSA) is 32.6 Å². The minimum absolute atomic E-state index is 0.0393. The van der Waals surface area contributed by atoms with Crippen LogP contribution in [0.15, 0.2) is 29.1 Å². The third-order valence-electron chi connectivity index (χ3n) is 0.740. The van der Waals surface area contributed by atoms with Crippen molar-refractivity contribution in [3.63, 3.8) is 0 Å². The van der Waals surface area contributed by atoms with Crippen LogP contribution < -0.4 is 0 Å². The molecule has 0 aromatic heterocycles. The Morgan fingerprint density at radius 1 is 1.50 bits per heavy atom. The van der Waals surface area contributed by atoms with Crippen LogP contribution in [0.2, 0.25) is 0 Å². The molecule has 0 aromatic rings. The van der Waals surface area contributed by atoms with Gasteiger partial charge in [-0.15, -0.1) is 0 Å². The highest BCUT2D eigenvalue weighted by molar-refractivity contribution is 5.29. The number of aliphatic imine (C=N–C) groups is 1. The number of hydrogen-bond donors (Lipinski definition) is 1. The van der Waals surface area contributed by atoms with Gasteiger partial charge >= 0.3 is 0 Å². The monoisotopic (exact) mass is 141 g/mol. The van der Waals surface area contributed by atoms with E-state index >= 15 is 0 Å². The second kappa shape index (κ2) is 7.95. The number of allylic oxidation sites excluding steroid dienone is 1. The van der Waals surface area contributed by atoms with Gasteiger partial charge in [0.1, 0.15) is 5.76 Å². The van der Waals surface area contributed by atoms with Gasteiger partial charge in [0, 0.05) is 11.8 Å². The summed E-state index contributed by atoms with van der Waals surface area (Å²) in [6.45, 7) is 12.2. The number of hydrogen-bond acceptors (Lipinski definition) is 2. The van der Waals surface area contributed by atoms with Gasteiger partial charge in [0.25, 0.3) is 0 Å². The van der Waals surface area contributed by atoms with Gasteiger partial charge in [-0.05, 0) is 13.6 Å². The molecule has 58 valence electrons. The lowest BCUT2D eigenvalue weighted by atomic mass is 10.3. The molecule has 0 saturated carbocycles. The van der Waals surface area contributed by atoms with Gasteiger partial charge in [-0.2, -0.15) is 0 Å². The summed E-state index contributed by atoms with van der Waals surface area (Å²) < 4.78 is 0. The Bertz CT molecular complexity index is 136. The fourth-order valence-corrected chi connectivity index (χ4v) is 0.211. The molecular weight excluding hydrogens is 126 g/mol. The van der Waals surface area contributed by atoms with Crippen molar-refractivity contribution in [3.8, 4) is 0 Å². The minimum atomic E-state index is 0.0393. The molecule has 2 nitrogen and oxygen atoms in total. The molecule has 0 fully saturated rings. The molecule has 0 amide bonds. The molecule has 10 heavy (non-hydrogen) atoms. The summed E-state index contributed by atoms with van der Waals surface area (Å²) in [5.41, 5.74) is 0.639. The maximum Gasteiger partial charge on any atom is 0.112 e. The van der Waals surface area contributed by atoms with E-state index in [4.69, 9.17) is 5.11 Å². The fraction of sp³-hybridized carbons (Fsp3) is 0.375. The Labute approximate surface area is 62.6 Å². The van der Waals surface area contributed by atoms with Gasteiger partial charge in [0.15, 0.2) is 0 Å². The van der Waals surface area contributed by atoms with Crippen molar-refractivity contribution in [1.82, 2.24) is 0 Å². The minimum Gasteiger partial charge on any atom is -0.508 e. The van der Waals surface area contributed by atoms with Crippen molar-refractivity contribution in [3.05, 3.63) is 24.1 Å². The zero-order valence-corrected chi connectivity index (χ0v) is 6.89. The van der Waals surface area contributed by atoms with E-state index < -0.39 is 0 Å². The van der Waals surface area contributed by atoms with Gasteiger partial charge in [-0.1, -0.05) is 20.4 Å². The van der Waals surface area contributed by atoms with Gasteiger partial charge in [-0.25, -0.2) is 0 Å². The molecule has 0 spiro atoms. The Balaban J connectivity index is 0. The van der Waals surface area contributed by atoms with Crippen LogP contribution in [0.5, 0.6) is 0 Å². The summed E-state index contributed by atoms with van der Waals surface area (Å²) in [7, 11) is 0. The van der Waals surface area contributed by atoms with E-state index in [-0.39, 0.29) is 5.76 Å². The zero-order chi connectivity index (χ0) is 8.57. The quantitative estimate of drug-likeness (QED) is 0.358. The van der Waals surface area contributed by atoms with Crippen LogP contribution in [-0.4, -0.2) is 11.8 Å². The largest absolute Gasteiger partial charge is 0.508 e. The number of rotatable bonds is 2. The van der Waals surface area contributed by atoms with Crippen molar-refractivity contribution < 1.29 is 5.11 Å². The lowest BCUT2D eigenvalue weighted by molar-refractivity contribution is 0.426. The molecule has 0 unspecified atom stereocenters. The highest BCUT2D eigenvalue weighted by atomic mass is 16.3. The van der Waals surface area contributed by atoms with Crippen molar-refractivity contribution in [2.75, 3.05) is 0 Å². The molecule has 0 atom stereocenters. The molecule has 0 rings (SSSR count). The van der Waals surface area contributed by atoms with Crippen LogP contribution in [0.25, 0.3) is 0 Å². The molecular formula is C8H15NO. The molecule has 0 saturated heterocycles. The number of aliphatic hydroxyl groups is 1. The Hall–Kier alpha value is -1.05. The van der Waals surface area contributed by atoms with E-state index in [1.807, 2.05) is 13.8 Å². The third kappa shape index (κ3) is 6.95. The smallest absolute Gasteiger partial charge is 0.112 e. The average molecular weight is 141 g/mol. The van der Waals surface area contributed by atoms with E-state index in [0.29, 0.717) is 5.57 Å². The first-order valence-electron chi connectivity index (χ1n) is 3.19. The summed E-state index contributed by atoms with van der Waals surface area (Å²) >= 11 is 0. The number of nitrogens with zero attached hydrogens (tertiary/aromatic N) is 1. The first-order valence-corrected chi connectivity index (χ1v) is 3.19. The summed E-state index contributed by atoms with van der Waals surface area (Å²) in [6.07, 6.45) is 1.45. The summed E-state index contributed by atoms with van der Waals surface area (Å²) in [4.78, 5) is 3.42. The van der Waals surface area contributed by atoms with E-state index in [9.17, 15) is 0 Å². The van der Waals surface area contributed by atoms with Crippen molar-refractivity contribution in [2.45, 2.75) is 20.8 Å². The molecule has 0 radical (unpaired) electrons. The molecule has 0 aliphatic heterocycles. The zero-order valence-electron chi connectivity index (χ0n) is 6.89. The van der Waals surface area contributed by atoms with Crippen molar-refractivity contribution >= 4 is 6.72 Å². The van der Waals surface area contributed by atoms with Crippen LogP contribution in [-0.2, 0) is 0 Å². The average Bonchev–Trinajstić information content (AvgIpc) is 1.93. The normalized spacial score (nSPS) is 9.30. The predicted molar refractivity (Wildman–Crippen MR) is 46.4 cm³/mol. The SMILES string of the molecule is C=N/C=C(/C)C(=C)O.CC. The standard InChI is InChI=1S/C6H9NO.C2H6/c1-5(4-7-3)6(2)8;1-2/h4,8H,2-3H2,1H3;1-2H3/b5-4-;. The predicted octanol–water partition coefficient (Wildman–Crippen LogP) is 2.69. The maximum atomic E-state index is 8.60. The molecule has 0 heterocycles. The molecule has 0 bridgehead atoms. The molecule has 0 aliphatic carbocycles. The first kappa shape index (κ1) is 11.7. The summed E-state index contributed by atoms with van der Waals surface area (Å²) in [5.74, 6) is 0.0393. The lowest BCUT2D eigenvalue weighted by Gasteiger charge is -1.91. The van der Waals surface area contributed by atoms with Gasteiger partial charge in [-0.3, -0.25) is 4.99 Å². The molecule has 1 N–H and O–H groups in total. The number of aliphatic hydroxyl groups excluding tert-OH is 1. The van der Waals surface area contributed by atoms with E-state index in [1.54, 1.807) is 6.92 Å². The van der Waals surface area contributed by atoms with Crippen LogP contribution >= 0.6 is 0 Å². The van der Waals surface area contributed by atoms with E-state index in [2.05, 4.69) is 18.3 Å². The second-order valence-corrected chi connectivity index (χ2v) is 1.44. The maximum absolute atomic E-state index is 8.60. The van der Waals surface area contributed by atoms with Crippen LogP contribution in [0.1, 0.15) is 20.8 Å². The van der Waals surface area contributed by atoms with Gasteiger partial charge < -0.3 is 5.11 Å². The Morgan fingerprint density at radius 3 is 2.00 bits per heavy atom. The lowest BCUT2D eigenvalue weighted by Crippen LogP contribution is -1.77. The van der Waals surface area contributed by atoms with E-state index in [1.165, 1.54) is 6.20 Å². The van der Waals surface area contributed by atoms with Crippen LogP contribution in [0, 0.1) is 0 Å². The van der Waals surface area contributed by atoms with Crippen molar-refractivity contribution in [2.24, 2.45) is 4.99 Å². The van der Waals surface area contributed by atoms with Gasteiger partial charge in [0.05, 0.1) is 0 Å². The molecule has 0 aromatic carbocycles. The van der Waals surface area contributed by atoms with Crippen LogP contribution in [0.3, 0.4) is 0 Å². The summed E-state index contributed by atoms with van der Waals surface area (Å²) in [6, 6.07) is 0.